The van der Waals surface area contributed by atoms with Crippen molar-refractivity contribution >= 4 is 28.5 Å². The van der Waals surface area contributed by atoms with Crippen LogP contribution in [-0.2, 0) is 4.74 Å². The number of anilines is 2. The zero-order valence-corrected chi connectivity index (χ0v) is 16.2. The molecule has 0 aliphatic heterocycles. The van der Waals surface area contributed by atoms with E-state index in [4.69, 9.17) is 9.47 Å². The SMILES string of the molecule is COC(=O)c1cc(-c2nsc(Nc3ncccc3C)n2)ncc1OC(C)C. The Balaban J connectivity index is 1.89. The van der Waals surface area contributed by atoms with E-state index in [1.807, 2.05) is 32.9 Å². The predicted octanol–water partition coefficient (Wildman–Crippen LogP) is 3.62. The van der Waals surface area contributed by atoms with Gasteiger partial charge in [0.1, 0.15) is 17.1 Å². The highest BCUT2D eigenvalue weighted by atomic mass is 32.1. The number of aromatic nitrogens is 4. The summed E-state index contributed by atoms with van der Waals surface area (Å²) in [5.74, 6) is 0.965. The van der Waals surface area contributed by atoms with Gasteiger partial charge in [-0.3, -0.25) is 0 Å². The van der Waals surface area contributed by atoms with E-state index in [1.165, 1.54) is 24.8 Å². The summed E-state index contributed by atoms with van der Waals surface area (Å²) in [5, 5.41) is 3.72. The Morgan fingerprint density at radius 1 is 1.30 bits per heavy atom. The minimum Gasteiger partial charge on any atom is -0.488 e. The van der Waals surface area contributed by atoms with Crippen molar-refractivity contribution in [3.8, 4) is 17.3 Å². The fraction of sp³-hybridized carbons (Fsp3) is 0.278. The highest BCUT2D eigenvalue weighted by Gasteiger charge is 2.18. The molecule has 0 fully saturated rings. The molecule has 9 heteroatoms. The molecule has 0 saturated carbocycles. The van der Waals surface area contributed by atoms with Crippen LogP contribution in [0.25, 0.3) is 11.5 Å². The molecule has 27 heavy (non-hydrogen) atoms. The lowest BCUT2D eigenvalue weighted by Gasteiger charge is -2.13. The molecule has 0 radical (unpaired) electrons. The first kappa shape index (κ1) is 18.7. The molecule has 0 aromatic carbocycles. The van der Waals surface area contributed by atoms with Crippen molar-refractivity contribution < 1.29 is 14.3 Å². The Morgan fingerprint density at radius 2 is 2.11 bits per heavy atom. The number of methoxy groups -OCH3 is 1. The zero-order valence-electron chi connectivity index (χ0n) is 15.4. The molecule has 0 aliphatic rings. The third kappa shape index (κ3) is 4.37. The number of hydrogen-bond donors (Lipinski definition) is 1. The molecule has 0 atom stereocenters. The van der Waals surface area contributed by atoms with E-state index in [9.17, 15) is 4.79 Å². The van der Waals surface area contributed by atoms with Gasteiger partial charge in [0.2, 0.25) is 5.13 Å². The molecule has 0 spiro atoms. The third-order valence-electron chi connectivity index (χ3n) is 3.53. The number of hydrogen-bond acceptors (Lipinski definition) is 9. The molecule has 0 aliphatic carbocycles. The normalized spacial score (nSPS) is 10.7. The predicted molar refractivity (Wildman–Crippen MR) is 103 cm³/mol. The van der Waals surface area contributed by atoms with Crippen LogP contribution in [0.4, 0.5) is 10.9 Å². The Bertz CT molecular complexity index is 958. The second-order valence-corrected chi connectivity index (χ2v) is 6.69. The first-order chi connectivity index (χ1) is 13.0. The molecule has 3 rings (SSSR count). The molecule has 0 saturated heterocycles. The van der Waals surface area contributed by atoms with Gasteiger partial charge >= 0.3 is 5.97 Å². The van der Waals surface area contributed by atoms with Gasteiger partial charge in [0.15, 0.2) is 11.6 Å². The smallest absolute Gasteiger partial charge is 0.341 e. The number of carbonyl (C=O) groups excluding carboxylic acids is 1. The minimum absolute atomic E-state index is 0.101. The van der Waals surface area contributed by atoms with Crippen molar-refractivity contribution in [1.29, 1.82) is 0 Å². The number of carbonyl (C=O) groups is 1. The first-order valence-electron chi connectivity index (χ1n) is 8.25. The van der Waals surface area contributed by atoms with E-state index in [-0.39, 0.29) is 11.7 Å². The summed E-state index contributed by atoms with van der Waals surface area (Å²) in [7, 11) is 1.32. The second-order valence-electron chi connectivity index (χ2n) is 5.94. The van der Waals surface area contributed by atoms with Crippen LogP contribution >= 0.6 is 11.5 Å². The summed E-state index contributed by atoms with van der Waals surface area (Å²) < 4.78 is 14.8. The molecule has 0 unspecified atom stereocenters. The Hall–Kier alpha value is -3.07. The molecule has 3 aromatic heterocycles. The summed E-state index contributed by atoms with van der Waals surface area (Å²) in [5.41, 5.74) is 1.73. The lowest BCUT2D eigenvalue weighted by Crippen LogP contribution is -2.12. The van der Waals surface area contributed by atoms with E-state index in [0.717, 1.165) is 5.56 Å². The summed E-state index contributed by atoms with van der Waals surface area (Å²) in [6.45, 7) is 5.69. The number of ether oxygens (including phenoxy) is 2. The van der Waals surface area contributed by atoms with E-state index >= 15 is 0 Å². The lowest BCUT2D eigenvalue weighted by molar-refractivity contribution is 0.0594. The molecular formula is C18H19N5O3S. The van der Waals surface area contributed by atoms with Crippen LogP contribution in [0.15, 0.2) is 30.6 Å². The minimum atomic E-state index is -0.507. The fourth-order valence-electron chi connectivity index (χ4n) is 2.28. The van der Waals surface area contributed by atoms with Crippen LogP contribution in [0.1, 0.15) is 29.8 Å². The van der Waals surface area contributed by atoms with E-state index in [2.05, 4.69) is 24.6 Å². The van der Waals surface area contributed by atoms with Crippen LogP contribution in [-0.4, -0.2) is 38.5 Å². The Labute approximate surface area is 160 Å². The molecule has 0 amide bonds. The molecule has 8 nitrogen and oxygen atoms in total. The summed E-state index contributed by atoms with van der Waals surface area (Å²) in [6, 6.07) is 5.39. The monoisotopic (exact) mass is 385 g/mol. The largest absolute Gasteiger partial charge is 0.488 e. The average Bonchev–Trinajstić information content (AvgIpc) is 3.11. The number of aryl methyl sites for hydroxylation is 1. The van der Waals surface area contributed by atoms with Gasteiger partial charge in [0.05, 0.1) is 19.4 Å². The average molecular weight is 385 g/mol. The molecular weight excluding hydrogens is 366 g/mol. The van der Waals surface area contributed by atoms with Crippen molar-refractivity contribution in [3.05, 3.63) is 41.7 Å². The van der Waals surface area contributed by atoms with Gasteiger partial charge in [0, 0.05) is 17.7 Å². The third-order valence-corrected chi connectivity index (χ3v) is 4.16. The van der Waals surface area contributed by atoms with Crippen LogP contribution in [0, 0.1) is 6.92 Å². The maximum atomic E-state index is 12.1. The Morgan fingerprint density at radius 3 is 2.81 bits per heavy atom. The maximum absolute atomic E-state index is 12.1. The van der Waals surface area contributed by atoms with Gasteiger partial charge in [-0.1, -0.05) is 6.07 Å². The van der Waals surface area contributed by atoms with E-state index < -0.39 is 5.97 Å². The zero-order chi connectivity index (χ0) is 19.4. The number of rotatable bonds is 6. The first-order valence-corrected chi connectivity index (χ1v) is 9.03. The van der Waals surface area contributed by atoms with Gasteiger partial charge in [-0.25, -0.2) is 14.8 Å². The molecule has 3 aromatic rings. The summed E-state index contributed by atoms with van der Waals surface area (Å²) in [6.07, 6.45) is 3.09. The Kier molecular flexibility index (Phi) is 5.60. The standard InChI is InChI=1S/C18H19N5O3S/c1-10(2)26-14-9-20-13(8-12(14)17(24)25-4)16-22-18(27-23-16)21-15-11(3)6-5-7-19-15/h5-10H,1-4H3,(H,19,21,22,23). The van der Waals surface area contributed by atoms with Gasteiger partial charge in [-0.2, -0.15) is 9.36 Å². The number of esters is 1. The van der Waals surface area contributed by atoms with Gasteiger partial charge in [-0.05, 0) is 38.5 Å². The fourth-order valence-corrected chi connectivity index (χ4v) is 2.86. The quantitative estimate of drug-likeness (QED) is 0.642. The van der Waals surface area contributed by atoms with Crippen molar-refractivity contribution in [3.63, 3.8) is 0 Å². The van der Waals surface area contributed by atoms with E-state index in [0.29, 0.717) is 28.2 Å². The van der Waals surface area contributed by atoms with Gasteiger partial charge in [0.25, 0.3) is 0 Å². The van der Waals surface area contributed by atoms with Crippen molar-refractivity contribution in [1.82, 2.24) is 19.3 Å². The molecule has 3 heterocycles. The highest BCUT2D eigenvalue weighted by Crippen LogP contribution is 2.27. The van der Waals surface area contributed by atoms with Crippen molar-refractivity contribution in [2.45, 2.75) is 26.9 Å². The molecule has 1 N–H and O–H groups in total. The van der Waals surface area contributed by atoms with Crippen LogP contribution in [0.3, 0.4) is 0 Å². The number of nitrogens with one attached hydrogen (secondary N) is 1. The van der Waals surface area contributed by atoms with Crippen LogP contribution in [0.5, 0.6) is 5.75 Å². The summed E-state index contributed by atoms with van der Waals surface area (Å²) in [4.78, 5) is 25.1. The van der Waals surface area contributed by atoms with Crippen molar-refractivity contribution in [2.75, 3.05) is 12.4 Å². The molecule has 140 valence electrons. The lowest BCUT2D eigenvalue weighted by atomic mass is 10.2. The topological polar surface area (TPSA) is 99.1 Å². The van der Waals surface area contributed by atoms with Gasteiger partial charge in [-0.15, -0.1) is 0 Å². The van der Waals surface area contributed by atoms with E-state index in [1.54, 1.807) is 12.3 Å². The number of nitrogens with zero attached hydrogens (tertiary/aromatic N) is 4. The highest BCUT2D eigenvalue weighted by molar-refractivity contribution is 7.09. The second kappa shape index (κ2) is 8.09. The molecule has 0 bridgehead atoms. The van der Waals surface area contributed by atoms with Crippen LogP contribution in [0.2, 0.25) is 0 Å². The summed E-state index contributed by atoms with van der Waals surface area (Å²) >= 11 is 1.18. The van der Waals surface area contributed by atoms with Crippen molar-refractivity contribution in [2.24, 2.45) is 0 Å². The number of pyridine rings is 2. The maximum Gasteiger partial charge on any atom is 0.341 e. The van der Waals surface area contributed by atoms with Crippen LogP contribution < -0.4 is 10.1 Å². The van der Waals surface area contributed by atoms with Gasteiger partial charge < -0.3 is 14.8 Å².